The van der Waals surface area contributed by atoms with Crippen molar-refractivity contribution >= 4 is 17.6 Å². The monoisotopic (exact) mass is 417 g/mol. The van der Waals surface area contributed by atoms with Crippen LogP contribution in [0.15, 0.2) is 54.9 Å². The summed E-state index contributed by atoms with van der Waals surface area (Å²) >= 11 is 0. The molecule has 3 amide bonds. The summed E-state index contributed by atoms with van der Waals surface area (Å²) in [6.07, 6.45) is 3.53. The number of anilines is 1. The lowest BCUT2D eigenvalue weighted by Crippen LogP contribution is -2.51. The summed E-state index contributed by atoms with van der Waals surface area (Å²) < 4.78 is 2.05. The smallest absolute Gasteiger partial charge is 0.321 e. The van der Waals surface area contributed by atoms with Gasteiger partial charge in [-0.2, -0.15) is 0 Å². The third kappa shape index (κ3) is 4.30. The Morgan fingerprint density at radius 1 is 0.935 bits per heavy atom. The van der Waals surface area contributed by atoms with Crippen molar-refractivity contribution in [1.29, 1.82) is 0 Å². The Bertz CT molecular complexity index is 1100. The quantitative estimate of drug-likeness (QED) is 0.705. The van der Waals surface area contributed by atoms with Gasteiger partial charge in [-0.15, -0.1) is 0 Å². The van der Waals surface area contributed by atoms with E-state index in [1.807, 2.05) is 72.7 Å². The van der Waals surface area contributed by atoms with E-state index in [0.29, 0.717) is 31.7 Å². The fourth-order valence-electron chi connectivity index (χ4n) is 4.07. The molecule has 3 heterocycles. The molecule has 0 saturated carbocycles. The number of rotatable bonds is 3. The predicted molar refractivity (Wildman–Crippen MR) is 121 cm³/mol. The van der Waals surface area contributed by atoms with Gasteiger partial charge in [0.15, 0.2) is 0 Å². The van der Waals surface area contributed by atoms with E-state index in [1.54, 1.807) is 17.3 Å². The molecule has 3 aromatic rings. The molecule has 160 valence electrons. The van der Waals surface area contributed by atoms with Crippen LogP contribution in [0.4, 0.5) is 10.5 Å². The van der Waals surface area contributed by atoms with Crippen LogP contribution in [0.25, 0.3) is 5.69 Å². The van der Waals surface area contributed by atoms with Gasteiger partial charge in [0, 0.05) is 49.5 Å². The van der Waals surface area contributed by atoms with Gasteiger partial charge >= 0.3 is 6.03 Å². The lowest BCUT2D eigenvalue weighted by molar-refractivity contribution is 0.0671. The number of urea groups is 1. The van der Waals surface area contributed by atoms with E-state index < -0.39 is 0 Å². The van der Waals surface area contributed by atoms with Crippen molar-refractivity contribution in [2.24, 2.45) is 0 Å². The molecule has 1 fully saturated rings. The minimum Gasteiger partial charge on any atom is -0.335 e. The van der Waals surface area contributed by atoms with Gasteiger partial charge in [-0.3, -0.25) is 9.78 Å². The third-order valence-electron chi connectivity index (χ3n) is 5.69. The van der Waals surface area contributed by atoms with Gasteiger partial charge in [0.1, 0.15) is 0 Å². The molecule has 4 rings (SSSR count). The Balaban J connectivity index is 1.41. The molecular weight excluding hydrogens is 390 g/mol. The number of carbonyl (C=O) groups is 2. The molecule has 0 atom stereocenters. The maximum Gasteiger partial charge on any atom is 0.321 e. The van der Waals surface area contributed by atoms with Crippen LogP contribution < -0.4 is 5.32 Å². The van der Waals surface area contributed by atoms with E-state index in [2.05, 4.69) is 10.3 Å². The molecule has 1 saturated heterocycles. The van der Waals surface area contributed by atoms with Crippen LogP contribution in [-0.2, 0) is 0 Å². The van der Waals surface area contributed by atoms with E-state index in [9.17, 15) is 9.59 Å². The Morgan fingerprint density at radius 2 is 1.68 bits per heavy atom. The first-order valence-electron chi connectivity index (χ1n) is 10.5. The molecule has 0 bridgehead atoms. The van der Waals surface area contributed by atoms with Crippen LogP contribution in [0.5, 0.6) is 0 Å². The van der Waals surface area contributed by atoms with Crippen molar-refractivity contribution in [3.63, 3.8) is 0 Å². The van der Waals surface area contributed by atoms with Gasteiger partial charge in [0.05, 0.1) is 17.4 Å². The van der Waals surface area contributed by atoms with E-state index in [0.717, 1.165) is 28.3 Å². The molecule has 7 heteroatoms. The molecule has 0 unspecified atom stereocenters. The van der Waals surface area contributed by atoms with Crippen molar-refractivity contribution in [3.05, 3.63) is 77.4 Å². The molecule has 0 aliphatic carbocycles. The fraction of sp³-hybridized carbons (Fsp3) is 0.292. The molecule has 1 N–H and O–H groups in total. The zero-order chi connectivity index (χ0) is 22.0. The minimum atomic E-state index is -0.132. The summed E-state index contributed by atoms with van der Waals surface area (Å²) in [7, 11) is 0. The second-order valence-corrected chi connectivity index (χ2v) is 7.91. The number of aryl methyl sites for hydroxylation is 2. The lowest BCUT2D eigenvalue weighted by Gasteiger charge is -2.34. The van der Waals surface area contributed by atoms with Gasteiger partial charge in [0.25, 0.3) is 5.91 Å². The van der Waals surface area contributed by atoms with E-state index in [-0.39, 0.29) is 11.9 Å². The highest BCUT2D eigenvalue weighted by Crippen LogP contribution is 2.22. The Morgan fingerprint density at radius 3 is 2.35 bits per heavy atom. The van der Waals surface area contributed by atoms with Gasteiger partial charge in [-0.25, -0.2) is 4.79 Å². The van der Waals surface area contributed by atoms with E-state index in [4.69, 9.17) is 0 Å². The average molecular weight is 418 g/mol. The predicted octanol–water partition coefficient (Wildman–Crippen LogP) is 3.79. The summed E-state index contributed by atoms with van der Waals surface area (Å²) in [4.78, 5) is 33.6. The lowest BCUT2D eigenvalue weighted by atomic mass is 10.2. The molecule has 2 aromatic heterocycles. The van der Waals surface area contributed by atoms with Crippen molar-refractivity contribution in [2.75, 3.05) is 31.5 Å². The van der Waals surface area contributed by atoms with Crippen LogP contribution in [0.3, 0.4) is 0 Å². The topological polar surface area (TPSA) is 70.5 Å². The zero-order valence-electron chi connectivity index (χ0n) is 18.1. The normalized spacial score (nSPS) is 13.9. The maximum absolute atomic E-state index is 13.2. The number of pyridine rings is 1. The molecule has 7 nitrogen and oxygen atoms in total. The molecule has 1 aliphatic rings. The van der Waals surface area contributed by atoms with E-state index >= 15 is 0 Å². The van der Waals surface area contributed by atoms with Crippen molar-refractivity contribution < 1.29 is 9.59 Å². The van der Waals surface area contributed by atoms with Crippen LogP contribution in [-0.4, -0.2) is 57.5 Å². The second-order valence-electron chi connectivity index (χ2n) is 7.91. The minimum absolute atomic E-state index is 0.00184. The van der Waals surface area contributed by atoms with Crippen molar-refractivity contribution in [3.8, 4) is 5.69 Å². The number of piperazine rings is 1. The summed E-state index contributed by atoms with van der Waals surface area (Å²) in [5, 5.41) is 2.94. The van der Waals surface area contributed by atoms with Crippen LogP contribution in [0.2, 0.25) is 0 Å². The largest absolute Gasteiger partial charge is 0.335 e. The highest BCUT2D eigenvalue weighted by atomic mass is 16.2. The van der Waals surface area contributed by atoms with Gasteiger partial charge in [-0.05, 0) is 56.7 Å². The summed E-state index contributed by atoms with van der Waals surface area (Å²) in [5.41, 5.74) is 5.40. The average Bonchev–Trinajstić information content (AvgIpc) is 3.07. The molecular formula is C24H27N5O2. The molecule has 1 aromatic carbocycles. The number of hydrogen-bond acceptors (Lipinski definition) is 3. The summed E-state index contributed by atoms with van der Waals surface area (Å²) in [6.45, 7) is 7.97. The first-order chi connectivity index (χ1) is 14.9. The SMILES string of the molecule is Cc1cccc(NC(=O)N2CCN(C(=O)c3cc(C)n(-c4cccnc4)c3C)CC2)c1. The summed E-state index contributed by atoms with van der Waals surface area (Å²) in [6, 6.07) is 13.4. The van der Waals surface area contributed by atoms with Gasteiger partial charge in [-0.1, -0.05) is 12.1 Å². The third-order valence-corrected chi connectivity index (χ3v) is 5.69. The number of nitrogens with zero attached hydrogens (tertiary/aromatic N) is 4. The van der Waals surface area contributed by atoms with Crippen molar-refractivity contribution in [2.45, 2.75) is 20.8 Å². The second kappa shape index (κ2) is 8.63. The Kier molecular flexibility index (Phi) is 5.75. The molecule has 31 heavy (non-hydrogen) atoms. The zero-order valence-corrected chi connectivity index (χ0v) is 18.1. The number of amides is 3. The van der Waals surface area contributed by atoms with E-state index in [1.165, 1.54) is 0 Å². The number of carbonyl (C=O) groups excluding carboxylic acids is 2. The molecule has 1 aliphatic heterocycles. The molecule has 0 spiro atoms. The van der Waals surface area contributed by atoms with Crippen LogP contribution >= 0.6 is 0 Å². The fourth-order valence-corrected chi connectivity index (χ4v) is 4.07. The standard InChI is InChI=1S/C24H27N5O2/c1-17-6-4-7-20(14-17)26-24(31)28-12-10-27(11-13-28)23(30)22-15-18(2)29(19(22)3)21-8-5-9-25-16-21/h4-9,14-16H,10-13H2,1-3H3,(H,26,31). The highest BCUT2D eigenvalue weighted by Gasteiger charge is 2.27. The maximum atomic E-state index is 13.2. The Labute approximate surface area is 182 Å². The van der Waals surface area contributed by atoms with Crippen molar-refractivity contribution in [1.82, 2.24) is 19.4 Å². The number of aromatic nitrogens is 2. The highest BCUT2D eigenvalue weighted by molar-refractivity contribution is 5.96. The number of benzene rings is 1. The summed E-state index contributed by atoms with van der Waals surface area (Å²) in [5.74, 6) is 0.00184. The van der Waals surface area contributed by atoms with Gasteiger partial charge in [0.2, 0.25) is 0 Å². The number of nitrogens with one attached hydrogen (secondary N) is 1. The first-order valence-corrected chi connectivity index (χ1v) is 10.5. The first kappa shape index (κ1) is 20.7. The van der Waals surface area contributed by atoms with Crippen LogP contribution in [0.1, 0.15) is 27.3 Å². The number of hydrogen-bond donors (Lipinski definition) is 1. The van der Waals surface area contributed by atoms with Crippen LogP contribution in [0, 0.1) is 20.8 Å². The van der Waals surface area contributed by atoms with Gasteiger partial charge < -0.3 is 19.7 Å². The molecule has 0 radical (unpaired) electrons. The Hall–Kier alpha value is -3.61.